The van der Waals surface area contributed by atoms with Crippen LogP contribution in [0.25, 0.3) is 10.2 Å². The maximum atomic E-state index is 13.0. The Balaban J connectivity index is 1.88. The molecule has 2 aromatic heterocycles. The van der Waals surface area contributed by atoms with Crippen LogP contribution in [0.4, 0.5) is 4.39 Å². The van der Waals surface area contributed by atoms with Gasteiger partial charge in [-0.2, -0.15) is 5.10 Å². The van der Waals surface area contributed by atoms with Gasteiger partial charge in [0.05, 0.1) is 12.2 Å². The van der Waals surface area contributed by atoms with E-state index in [1.54, 1.807) is 22.9 Å². The summed E-state index contributed by atoms with van der Waals surface area (Å²) in [4.78, 5) is 24.2. The molecule has 0 saturated carbocycles. The number of fused-ring (bicyclic) bond motifs is 1. The van der Waals surface area contributed by atoms with Crippen molar-refractivity contribution in [3.05, 3.63) is 52.3 Å². The number of carbonyl (C=O) groups is 2. The lowest BCUT2D eigenvalue weighted by molar-refractivity contribution is -0.120. The molecule has 7 heteroatoms. The van der Waals surface area contributed by atoms with Gasteiger partial charge in [0.15, 0.2) is 5.78 Å². The van der Waals surface area contributed by atoms with E-state index in [0.717, 1.165) is 21.5 Å². The predicted octanol–water partition coefficient (Wildman–Crippen LogP) is 3.34. The standard InChI is InChI=1S/C17H15FN2O3S/c1-10(21)9-23-17(22)15-7-14-11(2)19-20(16(14)24-15)8-12-3-5-13(18)6-4-12/h3-7H,8-9H2,1-2H3. The third kappa shape index (κ3) is 3.35. The first-order valence-corrected chi connectivity index (χ1v) is 8.13. The quantitative estimate of drug-likeness (QED) is 0.665. The van der Waals surface area contributed by atoms with Gasteiger partial charge in [-0.1, -0.05) is 12.1 Å². The Morgan fingerprint density at radius 1 is 1.29 bits per heavy atom. The fourth-order valence-electron chi connectivity index (χ4n) is 2.32. The number of ketones is 1. The van der Waals surface area contributed by atoms with Crippen molar-refractivity contribution < 1.29 is 18.7 Å². The van der Waals surface area contributed by atoms with Gasteiger partial charge in [-0.05, 0) is 37.6 Å². The van der Waals surface area contributed by atoms with Crippen molar-refractivity contribution in [2.24, 2.45) is 0 Å². The van der Waals surface area contributed by atoms with E-state index < -0.39 is 5.97 Å². The molecule has 3 rings (SSSR count). The van der Waals surface area contributed by atoms with Crippen molar-refractivity contribution in [1.82, 2.24) is 9.78 Å². The average molecular weight is 346 g/mol. The highest BCUT2D eigenvalue weighted by Gasteiger charge is 2.17. The molecular formula is C17H15FN2O3S. The monoisotopic (exact) mass is 346 g/mol. The minimum atomic E-state index is -0.515. The van der Waals surface area contributed by atoms with E-state index in [4.69, 9.17) is 4.74 Å². The number of benzene rings is 1. The molecule has 0 atom stereocenters. The molecule has 0 saturated heterocycles. The largest absolute Gasteiger partial charge is 0.454 e. The van der Waals surface area contributed by atoms with Gasteiger partial charge >= 0.3 is 5.97 Å². The molecular weight excluding hydrogens is 331 g/mol. The van der Waals surface area contributed by atoms with Crippen LogP contribution in [0, 0.1) is 12.7 Å². The summed E-state index contributed by atoms with van der Waals surface area (Å²) in [5.41, 5.74) is 1.71. The number of halogens is 1. The molecule has 2 heterocycles. The number of hydrogen-bond acceptors (Lipinski definition) is 5. The van der Waals surface area contributed by atoms with E-state index in [9.17, 15) is 14.0 Å². The number of thiophene rings is 1. The van der Waals surface area contributed by atoms with E-state index in [2.05, 4.69) is 5.10 Å². The Morgan fingerprint density at radius 3 is 2.67 bits per heavy atom. The molecule has 0 fully saturated rings. The van der Waals surface area contributed by atoms with Crippen molar-refractivity contribution >= 4 is 33.3 Å². The van der Waals surface area contributed by atoms with E-state index >= 15 is 0 Å². The fraction of sp³-hybridized carbons (Fsp3) is 0.235. The van der Waals surface area contributed by atoms with Crippen molar-refractivity contribution in [3.8, 4) is 0 Å². The van der Waals surface area contributed by atoms with E-state index in [-0.39, 0.29) is 18.2 Å². The molecule has 0 amide bonds. The second kappa shape index (κ2) is 6.52. The molecule has 0 unspecified atom stereocenters. The summed E-state index contributed by atoms with van der Waals surface area (Å²) < 4.78 is 19.7. The number of carbonyl (C=O) groups excluding carboxylic acids is 2. The number of ether oxygens (including phenoxy) is 1. The second-order valence-corrected chi connectivity index (χ2v) is 6.51. The number of rotatable bonds is 5. The van der Waals surface area contributed by atoms with Crippen LogP contribution in [-0.4, -0.2) is 28.1 Å². The maximum absolute atomic E-state index is 13.0. The number of aryl methyl sites for hydroxylation is 1. The topological polar surface area (TPSA) is 61.2 Å². The SMILES string of the molecule is CC(=O)COC(=O)c1cc2c(C)nn(Cc3ccc(F)cc3)c2s1. The number of nitrogens with zero attached hydrogens (tertiary/aromatic N) is 2. The average Bonchev–Trinajstić information content (AvgIpc) is 3.09. The van der Waals surface area contributed by atoms with Crippen LogP contribution in [0.15, 0.2) is 30.3 Å². The van der Waals surface area contributed by atoms with Gasteiger partial charge in [-0.3, -0.25) is 9.48 Å². The molecule has 124 valence electrons. The van der Waals surface area contributed by atoms with Crippen LogP contribution >= 0.6 is 11.3 Å². The second-order valence-electron chi connectivity index (χ2n) is 5.48. The summed E-state index contributed by atoms with van der Waals surface area (Å²) in [6, 6.07) is 7.94. The summed E-state index contributed by atoms with van der Waals surface area (Å²) in [7, 11) is 0. The number of aromatic nitrogens is 2. The molecule has 0 aliphatic carbocycles. The number of hydrogen-bond donors (Lipinski definition) is 0. The molecule has 0 N–H and O–H groups in total. The van der Waals surface area contributed by atoms with Gasteiger partial charge < -0.3 is 4.74 Å². The van der Waals surface area contributed by atoms with Crippen LogP contribution in [0.3, 0.4) is 0 Å². The lowest BCUT2D eigenvalue weighted by Gasteiger charge is -2.03. The summed E-state index contributed by atoms with van der Waals surface area (Å²) in [5, 5.41) is 5.34. The molecule has 0 aliphatic rings. The maximum Gasteiger partial charge on any atom is 0.348 e. The molecule has 24 heavy (non-hydrogen) atoms. The summed E-state index contributed by atoms with van der Waals surface area (Å²) in [5.74, 6) is -1.01. The van der Waals surface area contributed by atoms with Crippen LogP contribution < -0.4 is 0 Å². The van der Waals surface area contributed by atoms with Gasteiger partial charge in [-0.25, -0.2) is 9.18 Å². The molecule has 1 aromatic carbocycles. The van der Waals surface area contributed by atoms with Crippen molar-refractivity contribution in [2.75, 3.05) is 6.61 Å². The van der Waals surface area contributed by atoms with Crippen molar-refractivity contribution in [1.29, 1.82) is 0 Å². The van der Waals surface area contributed by atoms with Gasteiger partial charge in [0, 0.05) is 5.39 Å². The Hall–Kier alpha value is -2.54. The highest BCUT2D eigenvalue weighted by molar-refractivity contribution is 7.20. The van der Waals surface area contributed by atoms with Gasteiger partial charge in [0.25, 0.3) is 0 Å². The van der Waals surface area contributed by atoms with Gasteiger partial charge in [0.1, 0.15) is 22.1 Å². The van der Waals surface area contributed by atoms with Gasteiger partial charge in [-0.15, -0.1) is 11.3 Å². The summed E-state index contributed by atoms with van der Waals surface area (Å²) in [6.07, 6.45) is 0. The predicted molar refractivity (Wildman–Crippen MR) is 88.8 cm³/mol. The minimum Gasteiger partial charge on any atom is -0.454 e. The third-order valence-electron chi connectivity index (χ3n) is 3.46. The summed E-state index contributed by atoms with van der Waals surface area (Å²) in [6.45, 7) is 3.48. The zero-order chi connectivity index (χ0) is 17.3. The lowest BCUT2D eigenvalue weighted by atomic mass is 10.2. The molecule has 5 nitrogen and oxygen atoms in total. The van der Waals surface area contributed by atoms with E-state index in [0.29, 0.717) is 11.4 Å². The van der Waals surface area contributed by atoms with E-state index in [1.165, 1.54) is 30.4 Å². The first kappa shape index (κ1) is 16.3. The normalized spacial score (nSPS) is 11.0. The molecule has 3 aromatic rings. The van der Waals surface area contributed by atoms with E-state index in [1.807, 2.05) is 6.92 Å². The minimum absolute atomic E-state index is 0.205. The van der Waals surface area contributed by atoms with Crippen LogP contribution in [0.1, 0.15) is 27.9 Å². The Bertz CT molecular complexity index is 912. The summed E-state index contributed by atoms with van der Waals surface area (Å²) >= 11 is 1.27. The van der Waals surface area contributed by atoms with Crippen LogP contribution in [-0.2, 0) is 16.1 Å². The van der Waals surface area contributed by atoms with Crippen LogP contribution in [0.5, 0.6) is 0 Å². The highest BCUT2D eigenvalue weighted by atomic mass is 32.1. The Labute approximate surface area is 141 Å². The third-order valence-corrected chi connectivity index (χ3v) is 4.59. The molecule has 0 bridgehead atoms. The first-order chi connectivity index (χ1) is 11.4. The Morgan fingerprint density at radius 2 is 2.00 bits per heavy atom. The van der Waals surface area contributed by atoms with Crippen molar-refractivity contribution in [2.45, 2.75) is 20.4 Å². The number of esters is 1. The molecule has 0 aliphatic heterocycles. The first-order valence-electron chi connectivity index (χ1n) is 7.32. The van der Waals surface area contributed by atoms with Crippen LogP contribution in [0.2, 0.25) is 0 Å². The van der Waals surface area contributed by atoms with Crippen molar-refractivity contribution in [3.63, 3.8) is 0 Å². The highest BCUT2D eigenvalue weighted by Crippen LogP contribution is 2.29. The fourth-order valence-corrected chi connectivity index (χ4v) is 3.38. The van der Waals surface area contributed by atoms with Gasteiger partial charge in [0.2, 0.25) is 0 Å². The zero-order valence-corrected chi connectivity index (χ0v) is 14.0. The smallest absolute Gasteiger partial charge is 0.348 e. The lowest BCUT2D eigenvalue weighted by Crippen LogP contribution is -2.10. The molecule has 0 radical (unpaired) electrons. The Kier molecular flexibility index (Phi) is 4.44. The molecule has 0 spiro atoms. The zero-order valence-electron chi connectivity index (χ0n) is 13.2. The number of Topliss-reactive ketones (excluding diaryl/α,β-unsaturated/α-hetero) is 1.